The van der Waals surface area contributed by atoms with Gasteiger partial charge in [0.1, 0.15) is 0 Å². The maximum atomic E-state index is 2.45. The highest BCUT2D eigenvalue weighted by atomic mass is 32.1. The lowest BCUT2D eigenvalue weighted by molar-refractivity contribution is 1.18. The number of anilines is 3. The molecule has 3 heteroatoms. The van der Waals surface area contributed by atoms with E-state index in [-0.39, 0.29) is 0 Å². The summed E-state index contributed by atoms with van der Waals surface area (Å²) in [4.78, 5) is 2.45. The normalized spacial score (nSPS) is 11.6. The summed E-state index contributed by atoms with van der Waals surface area (Å²) < 4.78 is 4.94. The highest BCUT2D eigenvalue weighted by molar-refractivity contribution is 7.26. The van der Waals surface area contributed by atoms with E-state index in [0.717, 1.165) is 22.7 Å². The fourth-order valence-corrected chi connectivity index (χ4v) is 11.6. The summed E-state index contributed by atoms with van der Waals surface area (Å²) in [5, 5.41) is 7.56. The molecular weight excluding hydrogens is 829 g/mol. The van der Waals surface area contributed by atoms with Crippen LogP contribution in [0.3, 0.4) is 0 Å². The third kappa shape index (κ3) is 6.63. The smallest absolute Gasteiger partial charge is 0.0554 e. The molecule has 0 N–H and O–H groups in total. The number of hydrogen-bond acceptors (Lipinski definition) is 2. The number of benzene rings is 11. The second-order valence-corrected chi connectivity index (χ2v) is 18.3. The van der Waals surface area contributed by atoms with Gasteiger partial charge in [-0.15, -0.1) is 11.3 Å². The number of fused-ring (bicyclic) bond motifs is 7. The number of aromatic nitrogens is 1. The Hall–Kier alpha value is -8.50. The van der Waals surface area contributed by atoms with Gasteiger partial charge >= 0.3 is 0 Å². The maximum absolute atomic E-state index is 2.45. The molecule has 0 saturated heterocycles. The minimum Gasteiger partial charge on any atom is -0.310 e. The van der Waals surface area contributed by atoms with Crippen LogP contribution in [0.1, 0.15) is 0 Å². The molecule has 13 rings (SSSR count). The second-order valence-electron chi connectivity index (χ2n) is 17.2. The van der Waals surface area contributed by atoms with Crippen molar-refractivity contribution in [2.45, 2.75) is 0 Å². The summed E-state index contributed by atoms with van der Waals surface area (Å²) in [6, 6.07) is 93.0. The summed E-state index contributed by atoms with van der Waals surface area (Å²) in [5.74, 6) is 0. The van der Waals surface area contributed by atoms with E-state index in [1.807, 2.05) is 11.3 Å². The average Bonchev–Trinajstić information content (AvgIpc) is 3.96. The van der Waals surface area contributed by atoms with Gasteiger partial charge in [0.05, 0.1) is 16.7 Å². The minimum absolute atomic E-state index is 1.10. The first-order valence-corrected chi connectivity index (χ1v) is 23.7. The lowest BCUT2D eigenvalue weighted by Crippen LogP contribution is -2.10. The molecule has 2 nitrogen and oxygen atoms in total. The van der Waals surface area contributed by atoms with Crippen molar-refractivity contribution in [3.63, 3.8) is 0 Å². The first-order valence-electron chi connectivity index (χ1n) is 22.9. The molecule has 0 aliphatic heterocycles. The van der Waals surface area contributed by atoms with E-state index in [4.69, 9.17) is 0 Å². The van der Waals surface area contributed by atoms with Gasteiger partial charge in [0, 0.05) is 48.0 Å². The molecule has 0 saturated carbocycles. The maximum Gasteiger partial charge on any atom is 0.0554 e. The van der Waals surface area contributed by atoms with Crippen molar-refractivity contribution in [3.8, 4) is 50.2 Å². The van der Waals surface area contributed by atoms with Crippen molar-refractivity contribution < 1.29 is 0 Å². The fraction of sp³-hybridized carbons (Fsp3) is 0. The molecule has 0 aliphatic carbocycles. The van der Waals surface area contributed by atoms with Crippen LogP contribution in [0.4, 0.5) is 17.1 Å². The van der Waals surface area contributed by atoms with E-state index in [0.29, 0.717) is 0 Å². The Morgan fingerprint density at radius 3 is 1.39 bits per heavy atom. The number of hydrogen-bond donors (Lipinski definition) is 0. The van der Waals surface area contributed by atoms with E-state index >= 15 is 0 Å². The quantitative estimate of drug-likeness (QED) is 0.148. The van der Waals surface area contributed by atoms with Crippen LogP contribution in [0.15, 0.2) is 255 Å². The van der Waals surface area contributed by atoms with Crippen molar-refractivity contribution in [3.05, 3.63) is 255 Å². The molecule has 0 atom stereocenters. The van der Waals surface area contributed by atoms with Crippen LogP contribution in [0.2, 0.25) is 0 Å². The second kappa shape index (κ2) is 16.2. The predicted molar refractivity (Wildman–Crippen MR) is 288 cm³/mol. The summed E-state index contributed by atoms with van der Waals surface area (Å²) in [6.07, 6.45) is 0. The topological polar surface area (TPSA) is 8.17 Å². The van der Waals surface area contributed by atoms with E-state index in [1.54, 1.807) is 0 Å². The molecule has 13 aromatic rings. The van der Waals surface area contributed by atoms with Crippen LogP contribution in [0, 0.1) is 0 Å². The van der Waals surface area contributed by atoms with Gasteiger partial charge in [0.15, 0.2) is 0 Å². The zero-order chi connectivity index (χ0) is 44.3. The summed E-state index contributed by atoms with van der Waals surface area (Å²) in [5.41, 5.74) is 16.6. The SMILES string of the molecule is c1ccc(-c2cccc3c2sc2cccc(N(c4ccc(-c5ccc(-n6c7ccccc7c7ccccc76)cc5)cc4)c4ccc(-c5cccc6cccc(-c7ccccc7)c56)cc4)c23)cc1. The van der Waals surface area contributed by atoms with E-state index in [2.05, 4.69) is 264 Å². The highest BCUT2D eigenvalue weighted by Gasteiger charge is 2.21. The van der Waals surface area contributed by atoms with Gasteiger partial charge in [-0.3, -0.25) is 0 Å². The zero-order valence-electron chi connectivity index (χ0n) is 36.6. The van der Waals surface area contributed by atoms with E-state index < -0.39 is 0 Å². The Balaban J connectivity index is 0.929. The molecule has 67 heavy (non-hydrogen) atoms. The monoisotopic (exact) mass is 870 g/mol. The van der Waals surface area contributed by atoms with Gasteiger partial charge in [-0.05, 0) is 116 Å². The van der Waals surface area contributed by atoms with Crippen LogP contribution >= 0.6 is 11.3 Å². The molecular formula is C64H42N2S. The average molecular weight is 871 g/mol. The predicted octanol–water partition coefficient (Wildman–Crippen LogP) is 18.4. The molecule has 2 aromatic heterocycles. The Kier molecular flexibility index (Phi) is 9.40. The molecule has 0 aliphatic rings. The molecule has 0 unspecified atom stereocenters. The Morgan fingerprint density at radius 1 is 0.313 bits per heavy atom. The summed E-state index contributed by atoms with van der Waals surface area (Å²) in [7, 11) is 0. The number of thiophene rings is 1. The zero-order valence-corrected chi connectivity index (χ0v) is 37.4. The lowest BCUT2D eigenvalue weighted by atomic mass is 9.91. The van der Waals surface area contributed by atoms with Crippen LogP contribution in [-0.2, 0) is 0 Å². The molecule has 314 valence electrons. The van der Waals surface area contributed by atoms with Crippen LogP contribution in [0.5, 0.6) is 0 Å². The van der Waals surface area contributed by atoms with Crippen molar-refractivity contribution >= 4 is 81.1 Å². The van der Waals surface area contributed by atoms with Crippen molar-refractivity contribution in [2.24, 2.45) is 0 Å². The van der Waals surface area contributed by atoms with Gasteiger partial charge in [-0.25, -0.2) is 0 Å². The van der Waals surface area contributed by atoms with Gasteiger partial charge in [0.2, 0.25) is 0 Å². The molecule has 0 fully saturated rings. The lowest BCUT2D eigenvalue weighted by Gasteiger charge is -2.27. The minimum atomic E-state index is 1.10. The first-order chi connectivity index (χ1) is 33.2. The van der Waals surface area contributed by atoms with Gasteiger partial charge in [-0.1, -0.05) is 194 Å². The van der Waals surface area contributed by atoms with Gasteiger partial charge in [0.25, 0.3) is 0 Å². The Morgan fingerprint density at radius 2 is 0.776 bits per heavy atom. The van der Waals surface area contributed by atoms with E-state index in [1.165, 1.54) is 97.3 Å². The third-order valence-corrected chi connectivity index (χ3v) is 14.6. The van der Waals surface area contributed by atoms with Crippen LogP contribution in [0.25, 0.3) is 103 Å². The van der Waals surface area contributed by atoms with E-state index in [9.17, 15) is 0 Å². The van der Waals surface area contributed by atoms with Crippen molar-refractivity contribution in [1.29, 1.82) is 0 Å². The van der Waals surface area contributed by atoms with Crippen molar-refractivity contribution in [2.75, 3.05) is 4.90 Å². The van der Waals surface area contributed by atoms with Crippen molar-refractivity contribution in [1.82, 2.24) is 4.57 Å². The highest BCUT2D eigenvalue weighted by Crippen LogP contribution is 2.48. The molecule has 2 heterocycles. The van der Waals surface area contributed by atoms with Crippen LogP contribution < -0.4 is 4.90 Å². The third-order valence-electron chi connectivity index (χ3n) is 13.4. The molecule has 0 radical (unpaired) electrons. The molecule has 11 aromatic carbocycles. The summed E-state index contributed by atoms with van der Waals surface area (Å²) in [6.45, 7) is 0. The van der Waals surface area contributed by atoms with Crippen LogP contribution in [-0.4, -0.2) is 4.57 Å². The standard InChI is InChI=1S/C64H42N2S/c1-3-15-45(16-4-1)52-23-11-19-48-20-12-24-53(62(48)52)47-35-41-50(42-36-47)65(60-29-14-30-61-63(60)57-26-13-25-54(64(57)67-61)46-17-5-2-6-18-46)49-37-31-43(32-38-49)44-33-39-51(40-34-44)66-58-27-9-7-21-55(58)56-22-8-10-28-59(56)66/h1-42H. The van der Waals surface area contributed by atoms with Gasteiger partial charge in [-0.2, -0.15) is 0 Å². The molecule has 0 amide bonds. The summed E-state index contributed by atoms with van der Waals surface area (Å²) >= 11 is 1.88. The number of rotatable bonds is 8. The number of nitrogens with zero attached hydrogens (tertiary/aromatic N) is 2. The number of para-hydroxylation sites is 2. The first kappa shape index (κ1) is 38.9. The largest absolute Gasteiger partial charge is 0.310 e. The molecule has 0 bridgehead atoms. The van der Waals surface area contributed by atoms with Gasteiger partial charge < -0.3 is 9.47 Å². The molecule has 0 spiro atoms. The Bertz CT molecular complexity index is 3880. The Labute approximate surface area is 393 Å². The fourth-order valence-electron chi connectivity index (χ4n) is 10.3.